The van der Waals surface area contributed by atoms with Gasteiger partial charge in [0.2, 0.25) is 0 Å². The predicted molar refractivity (Wildman–Crippen MR) is 111 cm³/mol. The lowest BCUT2D eigenvalue weighted by Gasteiger charge is -2.36. The molecule has 1 heterocycles. The molecule has 0 amide bonds. The van der Waals surface area contributed by atoms with E-state index in [-0.39, 0.29) is 0 Å². The highest BCUT2D eigenvalue weighted by molar-refractivity contribution is 7.80. The summed E-state index contributed by atoms with van der Waals surface area (Å²) in [5, 5.41) is 5.77. The Kier molecular flexibility index (Phi) is 6.42. The number of thiocarbonyl (C=S) groups is 1. The Morgan fingerprint density at radius 3 is 2.40 bits per heavy atom. The van der Waals surface area contributed by atoms with Crippen molar-refractivity contribution in [1.29, 1.82) is 0 Å². The minimum Gasteiger partial charge on any atom is -0.346 e. The number of hydrogen-bond acceptors (Lipinski definition) is 2. The average molecular weight is 415 g/mol. The van der Waals surface area contributed by atoms with Crippen LogP contribution >= 0.6 is 47.0 Å². The monoisotopic (exact) mass is 413 g/mol. The Morgan fingerprint density at radius 2 is 1.72 bits per heavy atom. The molecule has 1 saturated heterocycles. The number of benzene rings is 2. The van der Waals surface area contributed by atoms with Gasteiger partial charge in [-0.25, -0.2) is 0 Å². The van der Waals surface area contributed by atoms with Gasteiger partial charge in [0, 0.05) is 43.4 Å². The third kappa shape index (κ3) is 5.22. The maximum atomic E-state index is 6.06. The zero-order chi connectivity index (χ0) is 17.8. The van der Waals surface area contributed by atoms with Crippen molar-refractivity contribution in [3.05, 3.63) is 63.1 Å². The fourth-order valence-corrected chi connectivity index (χ4v) is 3.59. The first-order chi connectivity index (χ1) is 12.0. The van der Waals surface area contributed by atoms with Crippen molar-refractivity contribution in [2.24, 2.45) is 0 Å². The molecule has 132 valence electrons. The molecule has 2 aromatic rings. The minimum atomic E-state index is 0.515. The van der Waals surface area contributed by atoms with E-state index in [0.717, 1.165) is 43.4 Å². The molecule has 0 atom stereocenters. The van der Waals surface area contributed by atoms with E-state index in [9.17, 15) is 0 Å². The molecular weight excluding hydrogens is 397 g/mol. The number of piperazine rings is 1. The van der Waals surface area contributed by atoms with E-state index in [1.54, 1.807) is 12.1 Å². The van der Waals surface area contributed by atoms with Crippen LogP contribution in [0.1, 0.15) is 5.56 Å². The van der Waals surface area contributed by atoms with Crippen LogP contribution in [0.25, 0.3) is 0 Å². The largest absolute Gasteiger partial charge is 0.346 e. The number of nitrogens with zero attached hydrogens (tertiary/aromatic N) is 2. The quantitative estimate of drug-likeness (QED) is 0.699. The van der Waals surface area contributed by atoms with Gasteiger partial charge >= 0.3 is 0 Å². The van der Waals surface area contributed by atoms with Crippen LogP contribution in [-0.4, -0.2) is 41.1 Å². The van der Waals surface area contributed by atoms with Crippen LogP contribution in [0.4, 0.5) is 5.69 Å². The van der Waals surface area contributed by atoms with Crippen molar-refractivity contribution < 1.29 is 0 Å². The maximum absolute atomic E-state index is 6.06. The van der Waals surface area contributed by atoms with Gasteiger partial charge < -0.3 is 10.2 Å². The van der Waals surface area contributed by atoms with Crippen LogP contribution in [0.15, 0.2) is 42.5 Å². The summed E-state index contributed by atoms with van der Waals surface area (Å²) in [4.78, 5) is 4.58. The summed E-state index contributed by atoms with van der Waals surface area (Å²) >= 11 is 23.6. The SMILES string of the molecule is S=C(Nc1ccc(Cl)c(Cl)c1)N1CCN(Cc2cccc(Cl)c2)CC1. The standard InChI is InChI=1S/C18H18Cl3N3S/c19-14-3-1-2-13(10-14)12-23-6-8-24(9-7-23)18(25)22-15-4-5-16(20)17(21)11-15/h1-5,10-11H,6-9,12H2,(H,22,25). The number of anilines is 1. The van der Waals surface area contributed by atoms with Gasteiger partial charge in [0.05, 0.1) is 10.0 Å². The van der Waals surface area contributed by atoms with E-state index in [1.165, 1.54) is 5.56 Å². The Labute approximate surface area is 168 Å². The van der Waals surface area contributed by atoms with Crippen LogP contribution in [-0.2, 0) is 6.54 Å². The summed E-state index contributed by atoms with van der Waals surface area (Å²) in [7, 11) is 0. The molecule has 2 aromatic carbocycles. The van der Waals surface area contributed by atoms with Gasteiger partial charge in [-0.15, -0.1) is 0 Å². The molecule has 25 heavy (non-hydrogen) atoms. The Bertz CT molecular complexity index is 761. The van der Waals surface area contributed by atoms with Crippen LogP contribution in [0.5, 0.6) is 0 Å². The fraction of sp³-hybridized carbons (Fsp3) is 0.278. The second-order valence-corrected chi connectivity index (χ2v) is 7.59. The topological polar surface area (TPSA) is 18.5 Å². The highest BCUT2D eigenvalue weighted by Gasteiger charge is 2.19. The summed E-state index contributed by atoms with van der Waals surface area (Å²) < 4.78 is 0. The van der Waals surface area contributed by atoms with Crippen LogP contribution < -0.4 is 5.32 Å². The van der Waals surface area contributed by atoms with Gasteiger partial charge in [0.15, 0.2) is 5.11 Å². The Morgan fingerprint density at radius 1 is 0.960 bits per heavy atom. The molecule has 1 fully saturated rings. The number of rotatable bonds is 3. The van der Waals surface area contributed by atoms with Gasteiger partial charge in [-0.3, -0.25) is 4.90 Å². The lowest BCUT2D eigenvalue weighted by Crippen LogP contribution is -2.49. The zero-order valence-corrected chi connectivity index (χ0v) is 16.6. The molecule has 0 saturated carbocycles. The summed E-state index contributed by atoms with van der Waals surface area (Å²) in [6, 6.07) is 13.4. The van der Waals surface area contributed by atoms with Gasteiger partial charge in [-0.2, -0.15) is 0 Å². The number of hydrogen-bond donors (Lipinski definition) is 1. The van der Waals surface area contributed by atoms with Crippen molar-refractivity contribution in [2.75, 3.05) is 31.5 Å². The van der Waals surface area contributed by atoms with Crippen molar-refractivity contribution in [3.8, 4) is 0 Å². The smallest absolute Gasteiger partial charge is 0.173 e. The van der Waals surface area contributed by atoms with E-state index in [2.05, 4.69) is 21.2 Å². The molecule has 1 aliphatic rings. The molecule has 0 spiro atoms. The maximum Gasteiger partial charge on any atom is 0.173 e. The van der Waals surface area contributed by atoms with Gasteiger partial charge in [0.1, 0.15) is 0 Å². The first-order valence-electron chi connectivity index (χ1n) is 7.99. The lowest BCUT2D eigenvalue weighted by atomic mass is 10.2. The molecule has 0 unspecified atom stereocenters. The van der Waals surface area contributed by atoms with E-state index >= 15 is 0 Å². The van der Waals surface area contributed by atoms with E-state index < -0.39 is 0 Å². The normalized spacial score (nSPS) is 15.2. The summed E-state index contributed by atoms with van der Waals surface area (Å²) in [6.07, 6.45) is 0. The van der Waals surface area contributed by atoms with E-state index in [1.807, 2.05) is 24.3 Å². The highest BCUT2D eigenvalue weighted by atomic mass is 35.5. The third-order valence-electron chi connectivity index (χ3n) is 4.13. The van der Waals surface area contributed by atoms with E-state index in [4.69, 9.17) is 47.0 Å². The van der Waals surface area contributed by atoms with Crippen LogP contribution in [0.3, 0.4) is 0 Å². The molecule has 0 aromatic heterocycles. The third-order valence-corrected chi connectivity index (χ3v) is 5.46. The van der Waals surface area contributed by atoms with Crippen LogP contribution in [0, 0.1) is 0 Å². The fourth-order valence-electron chi connectivity index (χ4n) is 2.78. The zero-order valence-electron chi connectivity index (χ0n) is 13.5. The number of nitrogens with one attached hydrogen (secondary N) is 1. The average Bonchev–Trinajstić information content (AvgIpc) is 2.59. The molecule has 0 aliphatic carbocycles. The molecule has 0 bridgehead atoms. The van der Waals surface area contributed by atoms with Gasteiger partial charge in [0.25, 0.3) is 0 Å². The molecule has 0 radical (unpaired) electrons. The first kappa shape index (κ1) is 18.7. The molecule has 1 aliphatic heterocycles. The summed E-state index contributed by atoms with van der Waals surface area (Å²) in [6.45, 7) is 4.58. The molecular formula is C18H18Cl3N3S. The van der Waals surface area contributed by atoms with E-state index in [0.29, 0.717) is 15.2 Å². The second kappa shape index (κ2) is 8.56. The van der Waals surface area contributed by atoms with Gasteiger partial charge in [-0.1, -0.05) is 46.9 Å². The number of halogens is 3. The summed E-state index contributed by atoms with van der Waals surface area (Å²) in [5.74, 6) is 0. The second-order valence-electron chi connectivity index (χ2n) is 5.95. The Hall–Kier alpha value is -1.04. The molecule has 1 N–H and O–H groups in total. The van der Waals surface area contributed by atoms with Crippen molar-refractivity contribution in [2.45, 2.75) is 6.54 Å². The lowest BCUT2D eigenvalue weighted by molar-refractivity contribution is 0.177. The molecule has 3 rings (SSSR count). The predicted octanol–water partition coefficient (Wildman–Crippen LogP) is 5.16. The minimum absolute atomic E-state index is 0.515. The molecule has 7 heteroatoms. The van der Waals surface area contributed by atoms with Gasteiger partial charge in [-0.05, 0) is 48.1 Å². The van der Waals surface area contributed by atoms with Crippen molar-refractivity contribution in [3.63, 3.8) is 0 Å². The summed E-state index contributed by atoms with van der Waals surface area (Å²) in [5.41, 5.74) is 2.08. The van der Waals surface area contributed by atoms with Crippen molar-refractivity contribution >= 4 is 57.8 Å². The van der Waals surface area contributed by atoms with Crippen molar-refractivity contribution in [1.82, 2.24) is 9.80 Å². The Balaban J connectivity index is 1.51. The molecule has 3 nitrogen and oxygen atoms in total. The first-order valence-corrected chi connectivity index (χ1v) is 9.53. The highest BCUT2D eigenvalue weighted by Crippen LogP contribution is 2.25. The van der Waals surface area contributed by atoms with Crippen LogP contribution in [0.2, 0.25) is 15.1 Å².